The number of para-hydroxylation sites is 1. The van der Waals surface area contributed by atoms with Gasteiger partial charge in [-0.2, -0.15) is 0 Å². The molecule has 2 rings (SSSR count). The molecule has 1 amide bonds. The van der Waals surface area contributed by atoms with Crippen LogP contribution in [0.3, 0.4) is 0 Å². The molecule has 0 aliphatic rings. The van der Waals surface area contributed by atoms with Crippen molar-refractivity contribution in [3.8, 4) is 5.75 Å². The molecule has 0 fully saturated rings. The zero-order valence-electron chi connectivity index (χ0n) is 15.5. The topological polar surface area (TPSA) is 86.2 Å². The van der Waals surface area contributed by atoms with E-state index in [1.54, 1.807) is 31.4 Å². The first-order chi connectivity index (χ1) is 13.0. The molecule has 0 saturated heterocycles. The van der Waals surface area contributed by atoms with E-state index >= 15 is 0 Å². The Bertz CT molecular complexity index is 802. The molecule has 1 atom stereocenters. The van der Waals surface area contributed by atoms with Gasteiger partial charge in [0.1, 0.15) is 5.75 Å². The van der Waals surface area contributed by atoms with E-state index in [-0.39, 0.29) is 18.6 Å². The highest BCUT2D eigenvalue weighted by atomic mass is 16.6. The number of carbonyl (C=O) groups is 2. The Morgan fingerprint density at radius 3 is 2.48 bits per heavy atom. The summed E-state index contributed by atoms with van der Waals surface area (Å²) < 4.78 is 9.92. The fraction of sp³-hybridized carbons (Fsp3) is 0.250. The molecule has 0 aliphatic heterocycles. The van der Waals surface area contributed by atoms with Gasteiger partial charge in [-0.3, -0.25) is 4.79 Å². The molecule has 0 aliphatic carbocycles. The van der Waals surface area contributed by atoms with E-state index in [0.29, 0.717) is 11.3 Å². The number of nitrogens with one attached hydrogen (secondary N) is 1. The average molecular weight is 370 g/mol. The van der Waals surface area contributed by atoms with Crippen LogP contribution in [-0.4, -0.2) is 38.9 Å². The van der Waals surface area contributed by atoms with E-state index in [0.717, 1.165) is 11.1 Å². The Morgan fingerprint density at radius 1 is 1.11 bits per heavy atom. The molecule has 0 bridgehead atoms. The van der Waals surface area contributed by atoms with Gasteiger partial charge in [0.2, 0.25) is 0 Å². The third-order valence-electron chi connectivity index (χ3n) is 3.79. The molecular formula is C20H22N2O5. The zero-order valence-corrected chi connectivity index (χ0v) is 15.5. The predicted molar refractivity (Wildman–Crippen MR) is 101 cm³/mol. The first-order valence-corrected chi connectivity index (χ1v) is 8.31. The summed E-state index contributed by atoms with van der Waals surface area (Å²) in [5.74, 6) is 0.00168. The number of hydrogen-bond donors (Lipinski definition) is 1. The molecule has 2 aromatic carbocycles. The van der Waals surface area contributed by atoms with Crippen LogP contribution in [0.4, 0.5) is 0 Å². The van der Waals surface area contributed by atoms with Gasteiger partial charge >= 0.3 is 5.97 Å². The lowest BCUT2D eigenvalue weighted by Gasteiger charge is -2.16. The second kappa shape index (κ2) is 9.96. The molecule has 7 heteroatoms. The van der Waals surface area contributed by atoms with E-state index in [9.17, 15) is 9.59 Å². The average Bonchev–Trinajstić information content (AvgIpc) is 2.71. The highest BCUT2D eigenvalue weighted by Crippen LogP contribution is 2.24. The number of esters is 1. The first kappa shape index (κ1) is 20.0. The quantitative estimate of drug-likeness (QED) is 0.439. The third-order valence-corrected chi connectivity index (χ3v) is 3.79. The Hall–Kier alpha value is -3.35. The lowest BCUT2D eigenvalue weighted by atomic mass is 10.1. The van der Waals surface area contributed by atoms with Crippen molar-refractivity contribution in [3.63, 3.8) is 0 Å². The van der Waals surface area contributed by atoms with Gasteiger partial charge in [-0.25, -0.2) is 4.79 Å². The Kier molecular flexibility index (Phi) is 7.37. The number of ether oxygens (including phenoxy) is 2. The summed E-state index contributed by atoms with van der Waals surface area (Å²) in [5.41, 5.74) is 2.05. The number of oxime groups is 1. The van der Waals surface area contributed by atoms with Gasteiger partial charge in [-0.1, -0.05) is 35.5 Å². The summed E-state index contributed by atoms with van der Waals surface area (Å²) in [7, 11) is 2.91. The van der Waals surface area contributed by atoms with Gasteiger partial charge in [0.25, 0.3) is 5.91 Å². The second-order valence-electron chi connectivity index (χ2n) is 5.65. The van der Waals surface area contributed by atoms with Crippen molar-refractivity contribution in [2.75, 3.05) is 20.8 Å². The molecule has 142 valence electrons. The van der Waals surface area contributed by atoms with Crippen molar-refractivity contribution in [2.45, 2.75) is 13.0 Å². The zero-order chi connectivity index (χ0) is 19.6. The lowest BCUT2D eigenvalue weighted by Crippen LogP contribution is -2.29. The molecule has 2 aromatic rings. The van der Waals surface area contributed by atoms with E-state index in [2.05, 4.69) is 15.2 Å². The summed E-state index contributed by atoms with van der Waals surface area (Å²) in [5, 5.41) is 6.59. The molecule has 1 unspecified atom stereocenters. The standard InChI is InChI=1S/C20H22N2O5/c1-14(17-6-4-5-7-18(17)25-2)22-19(23)13-27-21-12-15-8-10-16(11-9-15)20(24)26-3/h4-12,14H,13H2,1-3H3,(H,22,23)/b21-12+. The fourth-order valence-corrected chi connectivity index (χ4v) is 2.40. The molecule has 0 heterocycles. The third kappa shape index (κ3) is 5.85. The second-order valence-corrected chi connectivity index (χ2v) is 5.65. The highest BCUT2D eigenvalue weighted by Gasteiger charge is 2.13. The van der Waals surface area contributed by atoms with Crippen LogP contribution in [0.1, 0.15) is 34.5 Å². The first-order valence-electron chi connectivity index (χ1n) is 8.31. The molecule has 0 spiro atoms. The number of carbonyl (C=O) groups excluding carboxylic acids is 2. The van der Waals surface area contributed by atoms with Crippen LogP contribution in [0.5, 0.6) is 5.75 Å². The summed E-state index contributed by atoms with van der Waals surface area (Å²) in [6.45, 7) is 1.65. The van der Waals surface area contributed by atoms with Crippen LogP contribution in [0.25, 0.3) is 0 Å². The minimum Gasteiger partial charge on any atom is -0.496 e. The van der Waals surface area contributed by atoms with Gasteiger partial charge in [-0.05, 0) is 30.7 Å². The molecule has 0 saturated carbocycles. The smallest absolute Gasteiger partial charge is 0.337 e. The summed E-state index contributed by atoms with van der Waals surface area (Å²) >= 11 is 0. The highest BCUT2D eigenvalue weighted by molar-refractivity contribution is 5.90. The van der Waals surface area contributed by atoms with Crippen LogP contribution < -0.4 is 10.1 Å². The molecular weight excluding hydrogens is 348 g/mol. The van der Waals surface area contributed by atoms with E-state index in [1.807, 2.05) is 31.2 Å². The van der Waals surface area contributed by atoms with E-state index in [4.69, 9.17) is 9.57 Å². The SMILES string of the molecule is COC(=O)c1ccc(/C=N/OCC(=O)NC(C)c2ccccc2OC)cc1. The van der Waals surface area contributed by atoms with Crippen LogP contribution >= 0.6 is 0 Å². The molecule has 0 aromatic heterocycles. The fourth-order valence-electron chi connectivity index (χ4n) is 2.40. The van der Waals surface area contributed by atoms with Gasteiger partial charge in [0.15, 0.2) is 6.61 Å². The molecule has 0 radical (unpaired) electrons. The van der Waals surface area contributed by atoms with Crippen molar-refractivity contribution in [3.05, 3.63) is 65.2 Å². The van der Waals surface area contributed by atoms with Crippen molar-refractivity contribution < 1.29 is 23.9 Å². The van der Waals surface area contributed by atoms with Gasteiger partial charge in [0.05, 0.1) is 32.0 Å². The number of rotatable bonds is 8. The minimum atomic E-state index is -0.407. The summed E-state index contributed by atoms with van der Waals surface area (Å²) in [6.07, 6.45) is 1.46. The number of hydrogen-bond acceptors (Lipinski definition) is 6. The lowest BCUT2D eigenvalue weighted by molar-refractivity contribution is -0.126. The van der Waals surface area contributed by atoms with Crippen LogP contribution in [0.2, 0.25) is 0 Å². The predicted octanol–water partition coefficient (Wildman–Crippen LogP) is 2.71. The maximum absolute atomic E-state index is 12.0. The van der Waals surface area contributed by atoms with Gasteiger partial charge < -0.3 is 19.6 Å². The minimum absolute atomic E-state index is 0.212. The Balaban J connectivity index is 1.81. The van der Waals surface area contributed by atoms with Gasteiger partial charge in [-0.15, -0.1) is 0 Å². The number of amides is 1. The largest absolute Gasteiger partial charge is 0.496 e. The van der Waals surface area contributed by atoms with E-state index in [1.165, 1.54) is 13.3 Å². The molecule has 7 nitrogen and oxygen atoms in total. The van der Waals surface area contributed by atoms with Gasteiger partial charge in [0, 0.05) is 5.56 Å². The van der Waals surface area contributed by atoms with Crippen molar-refractivity contribution in [2.24, 2.45) is 5.16 Å². The summed E-state index contributed by atoms with van der Waals surface area (Å²) in [4.78, 5) is 28.4. The Labute approximate surface area is 157 Å². The van der Waals surface area contributed by atoms with Crippen molar-refractivity contribution >= 4 is 18.1 Å². The molecule has 1 N–H and O–H groups in total. The molecule has 27 heavy (non-hydrogen) atoms. The summed E-state index contributed by atoms with van der Waals surface area (Å²) in [6, 6.07) is 13.9. The number of methoxy groups -OCH3 is 2. The van der Waals surface area contributed by atoms with Crippen LogP contribution in [0.15, 0.2) is 53.7 Å². The number of nitrogens with zero attached hydrogens (tertiary/aromatic N) is 1. The van der Waals surface area contributed by atoms with E-state index < -0.39 is 5.97 Å². The van der Waals surface area contributed by atoms with Crippen LogP contribution in [-0.2, 0) is 14.4 Å². The normalized spacial score (nSPS) is 11.7. The van der Waals surface area contributed by atoms with Crippen molar-refractivity contribution in [1.82, 2.24) is 5.32 Å². The van der Waals surface area contributed by atoms with Crippen LogP contribution in [0, 0.1) is 0 Å². The maximum atomic E-state index is 12.0. The maximum Gasteiger partial charge on any atom is 0.337 e. The number of benzene rings is 2. The Morgan fingerprint density at radius 2 is 1.81 bits per heavy atom. The van der Waals surface area contributed by atoms with Crippen molar-refractivity contribution in [1.29, 1.82) is 0 Å². The monoisotopic (exact) mass is 370 g/mol.